The van der Waals surface area contributed by atoms with Crippen LogP contribution >= 0.6 is 0 Å². The molecule has 104 valence electrons. The summed E-state index contributed by atoms with van der Waals surface area (Å²) in [5.74, 6) is -0.693. The third-order valence-electron chi connectivity index (χ3n) is 3.97. The van der Waals surface area contributed by atoms with Crippen molar-refractivity contribution in [1.29, 1.82) is 0 Å². The fourth-order valence-corrected chi connectivity index (χ4v) is 2.82. The second-order valence-electron chi connectivity index (χ2n) is 5.37. The zero-order valence-electron chi connectivity index (χ0n) is 11.6. The summed E-state index contributed by atoms with van der Waals surface area (Å²) in [5.41, 5.74) is 2.58. The molecule has 0 bridgehead atoms. The van der Waals surface area contributed by atoms with Gasteiger partial charge in [0.05, 0.1) is 6.42 Å². The number of carboxylic acids is 1. The number of hydrogen-bond acceptors (Lipinski definition) is 2. The van der Waals surface area contributed by atoms with Gasteiger partial charge in [0.2, 0.25) is 0 Å². The van der Waals surface area contributed by atoms with Crippen LogP contribution in [0, 0.1) is 0 Å². The van der Waals surface area contributed by atoms with Crippen LogP contribution in [0.2, 0.25) is 0 Å². The van der Waals surface area contributed by atoms with Gasteiger partial charge in [-0.3, -0.25) is 9.69 Å². The fourth-order valence-electron chi connectivity index (χ4n) is 2.82. The lowest BCUT2D eigenvalue weighted by molar-refractivity contribution is -0.138. The number of aryl methyl sites for hydroxylation is 1. The SMILES string of the molecule is CCc1ccc(CC(CC(=O)O)N2CCCC2)cc1. The van der Waals surface area contributed by atoms with E-state index in [9.17, 15) is 4.79 Å². The standard InChI is InChI=1S/C16H23NO2/c1-2-13-5-7-14(8-6-13)11-15(12-16(18)19)17-9-3-4-10-17/h5-8,15H,2-4,9-12H2,1H3,(H,18,19). The minimum atomic E-state index is -0.693. The molecular formula is C16H23NO2. The van der Waals surface area contributed by atoms with Gasteiger partial charge < -0.3 is 5.11 Å². The van der Waals surface area contributed by atoms with Crippen molar-refractivity contribution in [3.8, 4) is 0 Å². The van der Waals surface area contributed by atoms with Crippen LogP contribution in [0.5, 0.6) is 0 Å². The molecule has 0 radical (unpaired) electrons. The van der Waals surface area contributed by atoms with E-state index in [1.807, 2.05) is 0 Å². The van der Waals surface area contributed by atoms with Crippen LogP contribution in [0.1, 0.15) is 37.3 Å². The smallest absolute Gasteiger partial charge is 0.304 e. The zero-order valence-corrected chi connectivity index (χ0v) is 11.6. The Morgan fingerprint density at radius 1 is 1.21 bits per heavy atom. The second kappa shape index (κ2) is 6.71. The van der Waals surface area contributed by atoms with E-state index in [2.05, 4.69) is 36.1 Å². The molecule has 0 aliphatic carbocycles. The summed E-state index contributed by atoms with van der Waals surface area (Å²) < 4.78 is 0. The predicted molar refractivity (Wildman–Crippen MR) is 76.4 cm³/mol. The Labute approximate surface area is 115 Å². The molecule has 0 amide bonds. The molecule has 1 unspecified atom stereocenters. The Morgan fingerprint density at radius 2 is 1.79 bits per heavy atom. The summed E-state index contributed by atoms with van der Waals surface area (Å²) >= 11 is 0. The Morgan fingerprint density at radius 3 is 2.32 bits per heavy atom. The first-order valence-electron chi connectivity index (χ1n) is 7.22. The minimum absolute atomic E-state index is 0.146. The first kappa shape index (κ1) is 14.1. The van der Waals surface area contributed by atoms with Gasteiger partial charge in [-0.25, -0.2) is 0 Å². The number of nitrogens with zero attached hydrogens (tertiary/aromatic N) is 1. The van der Waals surface area contributed by atoms with E-state index in [0.717, 1.165) is 25.9 Å². The number of carbonyl (C=O) groups is 1. The number of rotatable bonds is 6. The normalized spacial score (nSPS) is 17.5. The molecule has 0 aromatic heterocycles. The highest BCUT2D eigenvalue weighted by atomic mass is 16.4. The molecule has 1 aliphatic heterocycles. The third-order valence-corrected chi connectivity index (χ3v) is 3.97. The first-order valence-corrected chi connectivity index (χ1v) is 7.22. The molecule has 1 aromatic rings. The molecule has 19 heavy (non-hydrogen) atoms. The molecule has 1 aliphatic rings. The predicted octanol–water partition coefficient (Wildman–Crippen LogP) is 2.73. The quantitative estimate of drug-likeness (QED) is 0.856. The van der Waals surface area contributed by atoms with E-state index in [1.54, 1.807) is 0 Å². The summed E-state index contributed by atoms with van der Waals surface area (Å²) in [5, 5.41) is 9.08. The monoisotopic (exact) mass is 261 g/mol. The van der Waals surface area contributed by atoms with E-state index < -0.39 is 5.97 Å². The molecule has 1 atom stereocenters. The summed E-state index contributed by atoms with van der Waals surface area (Å²) in [6.07, 6.45) is 4.53. The Hall–Kier alpha value is -1.35. The van der Waals surface area contributed by atoms with Gasteiger partial charge in [0.15, 0.2) is 0 Å². The third kappa shape index (κ3) is 4.06. The maximum absolute atomic E-state index is 11.0. The van der Waals surface area contributed by atoms with Crippen molar-refractivity contribution in [2.75, 3.05) is 13.1 Å². The molecule has 0 saturated carbocycles. The van der Waals surface area contributed by atoms with E-state index in [0.29, 0.717) is 0 Å². The number of likely N-dealkylation sites (tertiary alicyclic amines) is 1. The Balaban J connectivity index is 2.03. The maximum atomic E-state index is 11.0. The van der Waals surface area contributed by atoms with Crippen LogP contribution < -0.4 is 0 Å². The van der Waals surface area contributed by atoms with Crippen molar-refractivity contribution < 1.29 is 9.90 Å². The molecule has 1 saturated heterocycles. The number of aliphatic carboxylic acids is 1. The van der Waals surface area contributed by atoms with E-state index in [-0.39, 0.29) is 12.5 Å². The average Bonchev–Trinajstić information content (AvgIpc) is 2.92. The van der Waals surface area contributed by atoms with Crippen LogP contribution in [-0.4, -0.2) is 35.1 Å². The van der Waals surface area contributed by atoms with Gasteiger partial charge in [-0.2, -0.15) is 0 Å². The molecule has 2 rings (SSSR count). The highest BCUT2D eigenvalue weighted by Gasteiger charge is 2.24. The van der Waals surface area contributed by atoms with Crippen molar-refractivity contribution in [3.63, 3.8) is 0 Å². The Kier molecular flexibility index (Phi) is 4.97. The van der Waals surface area contributed by atoms with E-state index in [4.69, 9.17) is 5.11 Å². The van der Waals surface area contributed by atoms with Crippen LogP contribution in [-0.2, 0) is 17.6 Å². The van der Waals surface area contributed by atoms with Crippen molar-refractivity contribution >= 4 is 5.97 Å². The second-order valence-corrected chi connectivity index (χ2v) is 5.37. The van der Waals surface area contributed by atoms with E-state index in [1.165, 1.54) is 24.0 Å². The van der Waals surface area contributed by atoms with Crippen LogP contribution in [0.25, 0.3) is 0 Å². The van der Waals surface area contributed by atoms with Crippen molar-refractivity contribution in [2.45, 2.75) is 45.1 Å². The first-order chi connectivity index (χ1) is 9.19. The van der Waals surface area contributed by atoms with Gasteiger partial charge in [-0.05, 0) is 49.9 Å². The molecule has 0 spiro atoms. The van der Waals surface area contributed by atoms with Gasteiger partial charge in [-0.15, -0.1) is 0 Å². The van der Waals surface area contributed by atoms with Gasteiger partial charge in [0.1, 0.15) is 0 Å². The van der Waals surface area contributed by atoms with Crippen LogP contribution in [0.15, 0.2) is 24.3 Å². The number of carboxylic acid groups (broad SMARTS) is 1. The fraction of sp³-hybridized carbons (Fsp3) is 0.562. The molecule has 3 heteroatoms. The molecular weight excluding hydrogens is 238 g/mol. The highest BCUT2D eigenvalue weighted by molar-refractivity contribution is 5.67. The molecule has 1 aromatic carbocycles. The maximum Gasteiger partial charge on any atom is 0.304 e. The van der Waals surface area contributed by atoms with Crippen molar-refractivity contribution in [1.82, 2.24) is 4.90 Å². The topological polar surface area (TPSA) is 40.5 Å². The lowest BCUT2D eigenvalue weighted by Crippen LogP contribution is -2.36. The lowest BCUT2D eigenvalue weighted by Gasteiger charge is -2.26. The zero-order chi connectivity index (χ0) is 13.7. The van der Waals surface area contributed by atoms with Crippen molar-refractivity contribution in [3.05, 3.63) is 35.4 Å². The van der Waals surface area contributed by atoms with Gasteiger partial charge in [-0.1, -0.05) is 31.2 Å². The van der Waals surface area contributed by atoms with Gasteiger partial charge >= 0.3 is 5.97 Å². The van der Waals surface area contributed by atoms with Gasteiger partial charge in [0, 0.05) is 6.04 Å². The molecule has 3 nitrogen and oxygen atoms in total. The Bertz CT molecular complexity index is 407. The van der Waals surface area contributed by atoms with Gasteiger partial charge in [0.25, 0.3) is 0 Å². The van der Waals surface area contributed by atoms with Crippen molar-refractivity contribution in [2.24, 2.45) is 0 Å². The lowest BCUT2D eigenvalue weighted by atomic mass is 10.0. The minimum Gasteiger partial charge on any atom is -0.481 e. The van der Waals surface area contributed by atoms with E-state index >= 15 is 0 Å². The molecule has 1 N–H and O–H groups in total. The summed E-state index contributed by atoms with van der Waals surface area (Å²) in [7, 11) is 0. The largest absolute Gasteiger partial charge is 0.481 e. The van der Waals surface area contributed by atoms with Crippen LogP contribution in [0.3, 0.4) is 0 Å². The van der Waals surface area contributed by atoms with Crippen LogP contribution in [0.4, 0.5) is 0 Å². The molecule has 1 fully saturated rings. The molecule has 1 heterocycles. The number of hydrogen-bond donors (Lipinski definition) is 1. The number of benzene rings is 1. The summed E-state index contributed by atoms with van der Waals surface area (Å²) in [4.78, 5) is 13.4. The summed E-state index contributed by atoms with van der Waals surface area (Å²) in [6, 6.07) is 8.73. The highest BCUT2D eigenvalue weighted by Crippen LogP contribution is 2.18. The summed E-state index contributed by atoms with van der Waals surface area (Å²) in [6.45, 7) is 4.24. The average molecular weight is 261 g/mol.